The minimum absolute atomic E-state index is 0. The summed E-state index contributed by atoms with van der Waals surface area (Å²) in [5.41, 5.74) is 6.38. The number of likely N-dealkylation sites (tertiary alicyclic amines) is 1. The van der Waals surface area contributed by atoms with Gasteiger partial charge in [0.15, 0.2) is 11.6 Å². The van der Waals surface area contributed by atoms with E-state index in [-0.39, 0.29) is 30.1 Å². The zero-order chi connectivity index (χ0) is 14.7. The summed E-state index contributed by atoms with van der Waals surface area (Å²) >= 11 is 0. The molecule has 2 atom stereocenters. The molecule has 21 heavy (non-hydrogen) atoms. The van der Waals surface area contributed by atoms with E-state index < -0.39 is 5.82 Å². The minimum atomic E-state index is -0.462. The molecule has 1 aromatic rings. The van der Waals surface area contributed by atoms with Crippen LogP contribution in [0.5, 0.6) is 5.75 Å². The molecule has 0 bridgehead atoms. The standard InChI is InChI=1S/C15H21FN2O2.ClH/c1-10(17)12-4-3-7-18(9-12)15(19)11-5-6-13(16)14(8-11)20-2;/h5-6,8,10,12H,3-4,7,9,17H2,1-2H3;1H. The van der Waals surface area contributed by atoms with Crippen LogP contribution in [0.25, 0.3) is 0 Å². The summed E-state index contributed by atoms with van der Waals surface area (Å²) < 4.78 is 18.3. The molecule has 6 heteroatoms. The molecule has 118 valence electrons. The van der Waals surface area contributed by atoms with Crippen LogP contribution in [0, 0.1) is 11.7 Å². The summed E-state index contributed by atoms with van der Waals surface area (Å²) in [6.07, 6.45) is 2.00. The number of nitrogens with zero attached hydrogens (tertiary/aromatic N) is 1. The molecule has 1 aromatic carbocycles. The first-order valence-electron chi connectivity index (χ1n) is 6.91. The largest absolute Gasteiger partial charge is 0.494 e. The molecule has 0 radical (unpaired) electrons. The maximum atomic E-state index is 13.4. The first-order chi connectivity index (χ1) is 9.52. The van der Waals surface area contributed by atoms with Crippen molar-refractivity contribution in [3.05, 3.63) is 29.6 Å². The molecule has 0 spiro atoms. The smallest absolute Gasteiger partial charge is 0.254 e. The number of amides is 1. The molecule has 1 amide bonds. The van der Waals surface area contributed by atoms with Gasteiger partial charge in [-0.2, -0.15) is 0 Å². The van der Waals surface area contributed by atoms with E-state index in [0.29, 0.717) is 18.0 Å². The fourth-order valence-corrected chi connectivity index (χ4v) is 2.60. The van der Waals surface area contributed by atoms with E-state index in [1.54, 1.807) is 4.90 Å². The van der Waals surface area contributed by atoms with Gasteiger partial charge >= 0.3 is 0 Å². The van der Waals surface area contributed by atoms with Gasteiger partial charge in [0, 0.05) is 24.7 Å². The zero-order valence-corrected chi connectivity index (χ0v) is 13.2. The van der Waals surface area contributed by atoms with Crippen molar-refractivity contribution in [2.75, 3.05) is 20.2 Å². The second-order valence-corrected chi connectivity index (χ2v) is 5.36. The fourth-order valence-electron chi connectivity index (χ4n) is 2.60. The maximum Gasteiger partial charge on any atom is 0.254 e. The average Bonchev–Trinajstić information content (AvgIpc) is 2.47. The van der Waals surface area contributed by atoms with E-state index >= 15 is 0 Å². The van der Waals surface area contributed by atoms with Gasteiger partial charge in [0.1, 0.15) is 0 Å². The van der Waals surface area contributed by atoms with Crippen LogP contribution in [0.15, 0.2) is 18.2 Å². The second-order valence-electron chi connectivity index (χ2n) is 5.36. The average molecular weight is 317 g/mol. The Morgan fingerprint density at radius 2 is 2.24 bits per heavy atom. The monoisotopic (exact) mass is 316 g/mol. The molecule has 2 unspecified atom stereocenters. The number of benzene rings is 1. The van der Waals surface area contributed by atoms with Crippen LogP contribution in [0.2, 0.25) is 0 Å². The maximum absolute atomic E-state index is 13.4. The van der Waals surface area contributed by atoms with E-state index in [9.17, 15) is 9.18 Å². The number of ether oxygens (including phenoxy) is 1. The predicted octanol–water partition coefficient (Wildman–Crippen LogP) is 2.46. The summed E-state index contributed by atoms with van der Waals surface area (Å²) in [6, 6.07) is 4.29. The Bertz CT molecular complexity index is 497. The number of halogens is 2. The molecule has 2 rings (SSSR count). The highest BCUT2D eigenvalue weighted by atomic mass is 35.5. The van der Waals surface area contributed by atoms with E-state index in [1.807, 2.05) is 6.92 Å². The normalized spacial score (nSPS) is 19.6. The van der Waals surface area contributed by atoms with E-state index in [2.05, 4.69) is 0 Å². The number of rotatable bonds is 3. The number of hydrogen-bond acceptors (Lipinski definition) is 3. The number of piperidine rings is 1. The first kappa shape index (κ1) is 17.7. The third-order valence-corrected chi connectivity index (χ3v) is 3.89. The molecule has 0 aliphatic carbocycles. The van der Waals surface area contributed by atoms with Gasteiger partial charge in [-0.25, -0.2) is 4.39 Å². The molecular formula is C15H22ClFN2O2. The lowest BCUT2D eigenvalue weighted by atomic mass is 9.92. The number of carbonyl (C=O) groups excluding carboxylic acids is 1. The first-order valence-corrected chi connectivity index (χ1v) is 6.91. The summed E-state index contributed by atoms with van der Waals surface area (Å²) in [4.78, 5) is 14.3. The van der Waals surface area contributed by atoms with Gasteiger partial charge in [0.05, 0.1) is 7.11 Å². The Labute approximate surface area is 130 Å². The highest BCUT2D eigenvalue weighted by molar-refractivity contribution is 5.94. The Kier molecular flexibility index (Phi) is 6.42. The van der Waals surface area contributed by atoms with E-state index in [4.69, 9.17) is 10.5 Å². The number of carbonyl (C=O) groups is 1. The Hall–Kier alpha value is -1.33. The quantitative estimate of drug-likeness (QED) is 0.932. The predicted molar refractivity (Wildman–Crippen MR) is 82.5 cm³/mol. The van der Waals surface area contributed by atoms with Crippen molar-refractivity contribution in [3.63, 3.8) is 0 Å². The zero-order valence-electron chi connectivity index (χ0n) is 12.3. The van der Waals surface area contributed by atoms with Crippen molar-refractivity contribution in [1.82, 2.24) is 4.90 Å². The van der Waals surface area contributed by atoms with Crippen molar-refractivity contribution < 1.29 is 13.9 Å². The molecule has 1 saturated heterocycles. The lowest BCUT2D eigenvalue weighted by Crippen LogP contribution is -2.45. The number of nitrogens with two attached hydrogens (primary N) is 1. The molecule has 0 saturated carbocycles. The van der Waals surface area contributed by atoms with Crippen molar-refractivity contribution in [2.45, 2.75) is 25.8 Å². The van der Waals surface area contributed by atoms with Crippen LogP contribution in [-0.4, -0.2) is 37.0 Å². The molecule has 0 aromatic heterocycles. The molecule has 1 heterocycles. The minimum Gasteiger partial charge on any atom is -0.494 e. The molecule has 2 N–H and O–H groups in total. The molecule has 1 aliphatic rings. The third kappa shape index (κ3) is 4.08. The van der Waals surface area contributed by atoms with Crippen molar-refractivity contribution in [1.29, 1.82) is 0 Å². The van der Waals surface area contributed by atoms with Gasteiger partial charge in [0.25, 0.3) is 5.91 Å². The number of hydrogen-bond donors (Lipinski definition) is 1. The second kappa shape index (κ2) is 7.61. The van der Waals surface area contributed by atoms with Gasteiger partial charge < -0.3 is 15.4 Å². The fraction of sp³-hybridized carbons (Fsp3) is 0.533. The molecule has 1 fully saturated rings. The summed E-state index contributed by atoms with van der Waals surface area (Å²) in [5.74, 6) is -0.128. The topological polar surface area (TPSA) is 55.6 Å². The van der Waals surface area contributed by atoms with Gasteiger partial charge in [-0.05, 0) is 43.9 Å². The third-order valence-electron chi connectivity index (χ3n) is 3.89. The Morgan fingerprint density at radius 3 is 2.86 bits per heavy atom. The van der Waals surface area contributed by atoms with Crippen molar-refractivity contribution >= 4 is 18.3 Å². The summed E-state index contributed by atoms with van der Waals surface area (Å²) in [5, 5.41) is 0. The Morgan fingerprint density at radius 1 is 1.52 bits per heavy atom. The van der Waals surface area contributed by atoms with E-state index in [1.165, 1.54) is 25.3 Å². The highest BCUT2D eigenvalue weighted by Gasteiger charge is 2.26. The Balaban J connectivity index is 0.00000220. The van der Waals surface area contributed by atoms with E-state index in [0.717, 1.165) is 19.4 Å². The van der Waals surface area contributed by atoms with Crippen LogP contribution in [0.1, 0.15) is 30.1 Å². The molecular weight excluding hydrogens is 295 g/mol. The van der Waals surface area contributed by atoms with Gasteiger partial charge in [-0.15, -0.1) is 12.4 Å². The van der Waals surface area contributed by atoms with Crippen molar-refractivity contribution in [2.24, 2.45) is 11.7 Å². The van der Waals surface area contributed by atoms with Crippen LogP contribution >= 0.6 is 12.4 Å². The molecule has 4 nitrogen and oxygen atoms in total. The SMILES string of the molecule is COc1cc(C(=O)N2CCCC(C(C)N)C2)ccc1F.Cl. The van der Waals surface area contributed by atoms with Crippen LogP contribution in [0.3, 0.4) is 0 Å². The van der Waals surface area contributed by atoms with Gasteiger partial charge in [-0.1, -0.05) is 0 Å². The highest BCUT2D eigenvalue weighted by Crippen LogP contribution is 2.23. The van der Waals surface area contributed by atoms with Gasteiger partial charge in [0.2, 0.25) is 0 Å². The number of methoxy groups -OCH3 is 1. The molecule has 1 aliphatic heterocycles. The van der Waals surface area contributed by atoms with Crippen LogP contribution in [-0.2, 0) is 0 Å². The lowest BCUT2D eigenvalue weighted by molar-refractivity contribution is 0.0660. The van der Waals surface area contributed by atoms with Crippen molar-refractivity contribution in [3.8, 4) is 5.75 Å². The van der Waals surface area contributed by atoms with Gasteiger partial charge in [-0.3, -0.25) is 4.79 Å². The summed E-state index contributed by atoms with van der Waals surface area (Å²) in [6.45, 7) is 3.36. The van der Waals surface area contributed by atoms with Crippen LogP contribution < -0.4 is 10.5 Å². The summed E-state index contributed by atoms with van der Waals surface area (Å²) in [7, 11) is 1.39. The lowest BCUT2D eigenvalue weighted by Gasteiger charge is -2.34. The van der Waals surface area contributed by atoms with Crippen LogP contribution in [0.4, 0.5) is 4.39 Å².